The number of halogens is 1. The van der Waals surface area contributed by atoms with Gasteiger partial charge >= 0.3 is 0 Å². The highest BCUT2D eigenvalue weighted by Crippen LogP contribution is 1.99. The SMILES string of the molecule is CC[n+]1ccc(C)c(C)c1.I. The molecule has 0 fully saturated rings. The van der Waals surface area contributed by atoms with E-state index in [1.807, 2.05) is 0 Å². The van der Waals surface area contributed by atoms with Gasteiger partial charge in [0.2, 0.25) is 0 Å². The molecule has 0 radical (unpaired) electrons. The Bertz CT molecular complexity index is 233. The van der Waals surface area contributed by atoms with Crippen LogP contribution in [0, 0.1) is 13.8 Å². The number of pyridine rings is 1. The standard InChI is InChI=1S/C9H14N.HI/c1-4-10-6-5-8(2)9(3)7-10;/h5-7H,4H2,1-3H3;1H/q+1;. The predicted octanol–water partition coefficient (Wildman–Crippen LogP) is 2.23. The molecule has 0 aliphatic heterocycles. The van der Waals surface area contributed by atoms with Gasteiger partial charge in [-0.05, 0) is 26.3 Å². The van der Waals surface area contributed by atoms with Crippen molar-refractivity contribution >= 4 is 24.0 Å². The van der Waals surface area contributed by atoms with E-state index in [1.54, 1.807) is 0 Å². The largest absolute Gasteiger partial charge is 0.205 e. The summed E-state index contributed by atoms with van der Waals surface area (Å²) >= 11 is 0. The van der Waals surface area contributed by atoms with Crippen molar-refractivity contribution in [1.82, 2.24) is 0 Å². The van der Waals surface area contributed by atoms with Crippen molar-refractivity contribution in [3.63, 3.8) is 0 Å². The fourth-order valence-electron chi connectivity index (χ4n) is 0.929. The lowest BCUT2D eigenvalue weighted by Crippen LogP contribution is -2.31. The Hall–Kier alpha value is -0.120. The average Bonchev–Trinajstić information content (AvgIpc) is 1.95. The fraction of sp³-hybridized carbons (Fsp3) is 0.444. The minimum Gasteiger partial charge on any atom is -0.205 e. The molecule has 0 aliphatic rings. The topological polar surface area (TPSA) is 3.88 Å². The predicted molar refractivity (Wildman–Crippen MR) is 57.2 cm³/mol. The molecule has 1 aromatic rings. The van der Waals surface area contributed by atoms with Crippen LogP contribution in [0.5, 0.6) is 0 Å². The molecule has 1 rings (SSSR count). The van der Waals surface area contributed by atoms with Crippen LogP contribution in [0.25, 0.3) is 0 Å². The smallest absolute Gasteiger partial charge is 0.171 e. The van der Waals surface area contributed by atoms with E-state index in [9.17, 15) is 0 Å². The number of aromatic nitrogens is 1. The van der Waals surface area contributed by atoms with Gasteiger partial charge in [0.1, 0.15) is 6.54 Å². The summed E-state index contributed by atoms with van der Waals surface area (Å²) in [4.78, 5) is 0. The van der Waals surface area contributed by atoms with E-state index in [0.29, 0.717) is 0 Å². The number of rotatable bonds is 1. The van der Waals surface area contributed by atoms with Crippen LogP contribution in [0.3, 0.4) is 0 Å². The van der Waals surface area contributed by atoms with Crippen molar-refractivity contribution in [3.05, 3.63) is 29.6 Å². The average molecular weight is 264 g/mol. The van der Waals surface area contributed by atoms with Gasteiger partial charge in [0, 0.05) is 11.6 Å². The van der Waals surface area contributed by atoms with Crippen molar-refractivity contribution in [2.45, 2.75) is 27.3 Å². The van der Waals surface area contributed by atoms with Gasteiger partial charge in [-0.3, -0.25) is 0 Å². The van der Waals surface area contributed by atoms with Gasteiger partial charge in [-0.15, -0.1) is 24.0 Å². The molecule has 0 saturated carbocycles. The highest BCUT2D eigenvalue weighted by Gasteiger charge is 1.98. The van der Waals surface area contributed by atoms with E-state index in [-0.39, 0.29) is 24.0 Å². The first-order valence-electron chi connectivity index (χ1n) is 3.70. The van der Waals surface area contributed by atoms with Crippen molar-refractivity contribution < 1.29 is 4.57 Å². The first-order chi connectivity index (χ1) is 4.74. The third kappa shape index (κ3) is 2.77. The first-order valence-corrected chi connectivity index (χ1v) is 3.70. The summed E-state index contributed by atoms with van der Waals surface area (Å²) in [6, 6.07) is 2.15. The van der Waals surface area contributed by atoms with Crippen molar-refractivity contribution in [3.8, 4) is 0 Å². The third-order valence-electron chi connectivity index (χ3n) is 1.86. The summed E-state index contributed by atoms with van der Waals surface area (Å²) in [6.07, 6.45) is 4.29. The maximum atomic E-state index is 2.18. The molecule has 0 atom stereocenters. The summed E-state index contributed by atoms with van der Waals surface area (Å²) in [5.74, 6) is 0. The van der Waals surface area contributed by atoms with Gasteiger partial charge < -0.3 is 0 Å². The normalized spacial score (nSPS) is 9.00. The van der Waals surface area contributed by atoms with E-state index in [4.69, 9.17) is 0 Å². The second-order valence-corrected chi connectivity index (χ2v) is 2.64. The lowest BCUT2D eigenvalue weighted by molar-refractivity contribution is -0.693. The van der Waals surface area contributed by atoms with Crippen LogP contribution in [0.4, 0.5) is 0 Å². The maximum Gasteiger partial charge on any atom is 0.171 e. The second kappa shape index (κ2) is 4.70. The minimum atomic E-state index is 0. The lowest BCUT2D eigenvalue weighted by atomic mass is 10.2. The van der Waals surface area contributed by atoms with Gasteiger partial charge in [0.05, 0.1) is 0 Å². The summed E-state index contributed by atoms with van der Waals surface area (Å²) in [7, 11) is 0. The van der Waals surface area contributed by atoms with E-state index < -0.39 is 0 Å². The van der Waals surface area contributed by atoms with Crippen LogP contribution < -0.4 is 4.57 Å². The molecule has 2 heteroatoms. The van der Waals surface area contributed by atoms with Crippen LogP contribution in [0.2, 0.25) is 0 Å². The van der Waals surface area contributed by atoms with Crippen molar-refractivity contribution in [1.29, 1.82) is 0 Å². The zero-order chi connectivity index (χ0) is 7.56. The Morgan fingerprint density at radius 3 is 2.36 bits per heavy atom. The molecule has 11 heavy (non-hydrogen) atoms. The molecule has 1 aromatic heterocycles. The molecule has 62 valence electrons. The molecule has 0 aliphatic carbocycles. The van der Waals surface area contributed by atoms with Gasteiger partial charge in [-0.1, -0.05) is 0 Å². The van der Waals surface area contributed by atoms with Gasteiger partial charge in [-0.2, -0.15) is 0 Å². The zero-order valence-electron chi connectivity index (χ0n) is 7.29. The number of aryl methyl sites for hydroxylation is 3. The Kier molecular flexibility index (Phi) is 4.65. The molecule has 1 nitrogen and oxygen atoms in total. The van der Waals surface area contributed by atoms with Crippen LogP contribution in [-0.4, -0.2) is 0 Å². The molecule has 0 unspecified atom stereocenters. The van der Waals surface area contributed by atoms with Crippen LogP contribution >= 0.6 is 24.0 Å². The molecular weight excluding hydrogens is 249 g/mol. The molecule has 0 spiro atoms. The minimum absolute atomic E-state index is 0. The van der Waals surface area contributed by atoms with E-state index in [0.717, 1.165) is 6.54 Å². The van der Waals surface area contributed by atoms with Crippen LogP contribution in [0.1, 0.15) is 18.1 Å². The Labute approximate surface area is 85.5 Å². The quantitative estimate of drug-likeness (QED) is 0.541. The third-order valence-corrected chi connectivity index (χ3v) is 1.86. The summed E-state index contributed by atoms with van der Waals surface area (Å²) < 4.78 is 2.18. The number of hydrogen-bond donors (Lipinski definition) is 0. The summed E-state index contributed by atoms with van der Waals surface area (Å²) in [5.41, 5.74) is 2.73. The lowest BCUT2D eigenvalue weighted by Gasteiger charge is -1.96. The molecular formula is C9H15IN+. The van der Waals surface area contributed by atoms with Crippen LogP contribution in [-0.2, 0) is 6.54 Å². The first kappa shape index (κ1) is 10.9. The Balaban J connectivity index is 0.000001000. The molecule has 0 bridgehead atoms. The van der Waals surface area contributed by atoms with Crippen molar-refractivity contribution in [2.75, 3.05) is 0 Å². The van der Waals surface area contributed by atoms with Gasteiger partial charge in [0.25, 0.3) is 0 Å². The Morgan fingerprint density at radius 1 is 1.27 bits per heavy atom. The van der Waals surface area contributed by atoms with E-state index in [1.165, 1.54) is 11.1 Å². The maximum absolute atomic E-state index is 2.18. The number of hydrogen-bond acceptors (Lipinski definition) is 0. The molecule has 0 amide bonds. The van der Waals surface area contributed by atoms with Crippen molar-refractivity contribution in [2.24, 2.45) is 0 Å². The highest BCUT2D eigenvalue weighted by molar-refractivity contribution is 14.0. The summed E-state index contributed by atoms with van der Waals surface area (Å²) in [6.45, 7) is 7.48. The highest BCUT2D eigenvalue weighted by atomic mass is 127. The fourth-order valence-corrected chi connectivity index (χ4v) is 0.929. The molecule has 0 saturated heterocycles. The molecule has 0 aromatic carbocycles. The Morgan fingerprint density at radius 2 is 1.91 bits per heavy atom. The monoisotopic (exact) mass is 264 g/mol. The van der Waals surface area contributed by atoms with E-state index >= 15 is 0 Å². The van der Waals surface area contributed by atoms with Crippen LogP contribution in [0.15, 0.2) is 18.5 Å². The summed E-state index contributed by atoms with van der Waals surface area (Å²) in [5, 5.41) is 0. The number of nitrogens with zero attached hydrogens (tertiary/aromatic N) is 1. The molecule has 0 N–H and O–H groups in total. The van der Waals surface area contributed by atoms with E-state index in [2.05, 4.69) is 43.8 Å². The zero-order valence-corrected chi connectivity index (χ0v) is 9.62. The second-order valence-electron chi connectivity index (χ2n) is 2.64. The van der Waals surface area contributed by atoms with Gasteiger partial charge in [-0.25, -0.2) is 4.57 Å². The molecule has 1 heterocycles. The van der Waals surface area contributed by atoms with Gasteiger partial charge in [0.15, 0.2) is 12.4 Å².